The predicted molar refractivity (Wildman–Crippen MR) is 172 cm³/mol. The van der Waals surface area contributed by atoms with Crippen LogP contribution in [0.5, 0.6) is 5.75 Å². The van der Waals surface area contributed by atoms with Crippen molar-refractivity contribution in [1.82, 2.24) is 4.57 Å². The van der Waals surface area contributed by atoms with Gasteiger partial charge in [-0.1, -0.05) is 53.3 Å². The highest BCUT2D eigenvalue weighted by Crippen LogP contribution is 2.34. The van der Waals surface area contributed by atoms with Crippen LogP contribution in [0.3, 0.4) is 0 Å². The molecule has 6 rings (SSSR count). The van der Waals surface area contributed by atoms with Gasteiger partial charge in [-0.2, -0.15) is 0 Å². The summed E-state index contributed by atoms with van der Waals surface area (Å²) >= 11 is 7.47. The average molecular weight is 641 g/mol. The van der Waals surface area contributed by atoms with Crippen molar-refractivity contribution in [3.8, 4) is 17.1 Å². The second-order valence-electron chi connectivity index (χ2n) is 10.0. The predicted octanol–water partition coefficient (Wildman–Crippen LogP) is 6.09. The number of rotatable bonds is 8. The maximum Gasteiger partial charge on any atom is 0.271 e. The van der Waals surface area contributed by atoms with Gasteiger partial charge in [0.25, 0.3) is 17.2 Å². The number of benzene rings is 3. The summed E-state index contributed by atoms with van der Waals surface area (Å²) in [6, 6.07) is 23.0. The first-order chi connectivity index (χ1) is 21.7. The molecule has 0 saturated carbocycles. The van der Waals surface area contributed by atoms with Crippen molar-refractivity contribution in [1.29, 1.82) is 0 Å². The van der Waals surface area contributed by atoms with Gasteiger partial charge in [-0.3, -0.25) is 24.3 Å². The minimum atomic E-state index is -0.765. The number of halogens is 1. The van der Waals surface area contributed by atoms with Crippen LogP contribution in [0.4, 0.5) is 11.4 Å². The Kier molecular flexibility index (Phi) is 8.20. The second-order valence-corrected chi connectivity index (χ2v) is 11.4. The number of nitro benzene ring substituents is 1. The number of hydrogen-bond acceptors (Lipinski definition) is 8. The molecular formula is C33H25ClN4O6S. The average Bonchev–Trinajstić information content (AvgIpc) is 3.61. The molecule has 12 heteroatoms. The highest BCUT2D eigenvalue weighted by molar-refractivity contribution is 7.07. The molecule has 0 saturated heterocycles. The number of nitro groups is 1. The normalized spacial score (nSPS) is 14.6. The quantitative estimate of drug-likeness (QED) is 0.161. The van der Waals surface area contributed by atoms with Gasteiger partial charge in [0, 0.05) is 29.5 Å². The molecule has 1 atom stereocenters. The Morgan fingerprint density at radius 2 is 1.89 bits per heavy atom. The van der Waals surface area contributed by atoms with E-state index in [4.69, 9.17) is 20.8 Å². The first kappa shape index (κ1) is 29.8. The molecule has 45 heavy (non-hydrogen) atoms. The first-order valence-electron chi connectivity index (χ1n) is 13.9. The molecular weight excluding hydrogens is 616 g/mol. The molecule has 0 aliphatic carbocycles. The fraction of sp³-hybridized carbons (Fsp3) is 0.121. The minimum Gasteiger partial charge on any atom is -0.494 e. The van der Waals surface area contributed by atoms with Gasteiger partial charge < -0.3 is 14.5 Å². The number of carbonyl (C=O) groups is 1. The Morgan fingerprint density at radius 3 is 2.60 bits per heavy atom. The zero-order valence-electron chi connectivity index (χ0n) is 24.0. The maximum absolute atomic E-state index is 14.0. The Bertz CT molecular complexity index is 2150. The number of hydrogen-bond donors (Lipinski definition) is 1. The highest BCUT2D eigenvalue weighted by atomic mass is 35.5. The van der Waals surface area contributed by atoms with E-state index in [1.54, 1.807) is 49.4 Å². The van der Waals surface area contributed by atoms with E-state index in [9.17, 15) is 19.7 Å². The number of non-ortho nitro benzene ring substituents is 1. The molecule has 2 aromatic heterocycles. The van der Waals surface area contributed by atoms with Crippen LogP contribution in [0.15, 0.2) is 110 Å². The molecule has 1 N–H and O–H groups in total. The number of thiazole rings is 1. The summed E-state index contributed by atoms with van der Waals surface area (Å²) in [5.41, 5.74) is 2.01. The number of ether oxygens (including phenoxy) is 1. The van der Waals surface area contributed by atoms with Crippen LogP contribution in [0.25, 0.3) is 17.4 Å². The Balaban J connectivity index is 1.44. The number of nitrogens with one attached hydrogen (secondary N) is 1. The van der Waals surface area contributed by atoms with Crippen LogP contribution < -0.4 is 24.9 Å². The van der Waals surface area contributed by atoms with Crippen LogP contribution in [0.1, 0.15) is 31.2 Å². The third-order valence-electron chi connectivity index (χ3n) is 7.13. The molecule has 3 aromatic carbocycles. The van der Waals surface area contributed by atoms with Crippen molar-refractivity contribution >= 4 is 46.3 Å². The highest BCUT2D eigenvalue weighted by Gasteiger charge is 2.32. The number of allylic oxidation sites excluding steroid dienone is 1. The lowest BCUT2D eigenvalue weighted by Crippen LogP contribution is -2.40. The number of amides is 1. The number of aromatic nitrogens is 1. The molecule has 0 bridgehead atoms. The minimum absolute atomic E-state index is 0.127. The smallest absolute Gasteiger partial charge is 0.271 e. The molecule has 1 aliphatic rings. The molecule has 226 valence electrons. The summed E-state index contributed by atoms with van der Waals surface area (Å²) in [7, 11) is 0. The van der Waals surface area contributed by atoms with E-state index in [1.165, 1.54) is 22.8 Å². The molecule has 3 heterocycles. The Hall–Kier alpha value is -5.26. The first-order valence-corrected chi connectivity index (χ1v) is 15.1. The van der Waals surface area contributed by atoms with Gasteiger partial charge in [0.1, 0.15) is 17.3 Å². The zero-order valence-corrected chi connectivity index (χ0v) is 25.6. The van der Waals surface area contributed by atoms with Crippen LogP contribution >= 0.6 is 22.9 Å². The molecule has 0 unspecified atom stereocenters. The van der Waals surface area contributed by atoms with Gasteiger partial charge in [0.15, 0.2) is 4.80 Å². The van der Waals surface area contributed by atoms with Crippen molar-refractivity contribution in [2.24, 2.45) is 4.99 Å². The van der Waals surface area contributed by atoms with E-state index in [0.717, 1.165) is 11.3 Å². The number of fused-ring (bicyclic) bond motifs is 1. The van der Waals surface area contributed by atoms with Crippen LogP contribution in [-0.4, -0.2) is 22.0 Å². The van der Waals surface area contributed by atoms with Crippen LogP contribution in [-0.2, 0) is 4.79 Å². The summed E-state index contributed by atoms with van der Waals surface area (Å²) in [5.74, 6) is 0.946. The topological polar surface area (TPSA) is 129 Å². The summed E-state index contributed by atoms with van der Waals surface area (Å²) in [4.78, 5) is 43.6. The van der Waals surface area contributed by atoms with Crippen molar-refractivity contribution < 1.29 is 18.9 Å². The molecule has 10 nitrogen and oxygen atoms in total. The largest absolute Gasteiger partial charge is 0.494 e. The number of furan rings is 1. The van der Waals surface area contributed by atoms with Gasteiger partial charge in [-0.15, -0.1) is 0 Å². The van der Waals surface area contributed by atoms with Crippen molar-refractivity contribution in [3.05, 3.63) is 142 Å². The molecule has 0 radical (unpaired) electrons. The fourth-order valence-corrected chi connectivity index (χ4v) is 6.32. The van der Waals surface area contributed by atoms with Gasteiger partial charge in [-0.25, -0.2) is 4.99 Å². The Labute approximate surface area is 265 Å². The molecule has 1 amide bonds. The number of para-hydroxylation sites is 1. The van der Waals surface area contributed by atoms with Gasteiger partial charge >= 0.3 is 0 Å². The van der Waals surface area contributed by atoms with E-state index in [0.29, 0.717) is 61.3 Å². The van der Waals surface area contributed by atoms with Crippen LogP contribution in [0, 0.1) is 10.1 Å². The zero-order chi connectivity index (χ0) is 31.7. The SMILES string of the molecule is CCOc1ccc([C@@H]2C(C(=O)Nc3ccccc3)=C(C)N=c3s/c(=C\c4ccc(-c5cc([N+](=O)[O-])ccc5Cl)o4)c(=O)n32)cc1. The summed E-state index contributed by atoms with van der Waals surface area (Å²) in [6.45, 7) is 4.14. The van der Waals surface area contributed by atoms with E-state index in [2.05, 4.69) is 10.3 Å². The van der Waals surface area contributed by atoms with E-state index in [-0.39, 0.29) is 22.2 Å². The van der Waals surface area contributed by atoms with Crippen molar-refractivity contribution in [3.63, 3.8) is 0 Å². The lowest BCUT2D eigenvalue weighted by molar-refractivity contribution is -0.384. The molecule has 0 fully saturated rings. The number of carbonyl (C=O) groups excluding carboxylic acids is 1. The second kappa shape index (κ2) is 12.4. The lowest BCUT2D eigenvalue weighted by atomic mass is 9.95. The number of nitrogens with zero attached hydrogens (tertiary/aromatic N) is 3. The standard InChI is InChI=1S/C33H25ClN4O6S/c1-3-43-23-12-9-20(10-13-23)30-29(31(39)36-21-7-5-4-6-8-21)19(2)35-33-37(30)32(40)28(45-33)18-24-14-16-27(44-24)25-17-22(38(41)42)11-15-26(25)34/h4-18,30H,3H2,1-2H3,(H,36,39)/b28-18-/t30-/m1/s1. The number of anilines is 1. The van der Waals surface area contributed by atoms with Gasteiger partial charge in [0.05, 0.1) is 38.4 Å². The Morgan fingerprint density at radius 1 is 1.13 bits per heavy atom. The monoisotopic (exact) mass is 640 g/mol. The van der Waals surface area contributed by atoms with Crippen LogP contribution in [0.2, 0.25) is 5.02 Å². The van der Waals surface area contributed by atoms with Gasteiger partial charge in [0.2, 0.25) is 0 Å². The van der Waals surface area contributed by atoms with Gasteiger partial charge in [-0.05, 0) is 61.9 Å². The third kappa shape index (κ3) is 5.95. The summed E-state index contributed by atoms with van der Waals surface area (Å²) in [5, 5.41) is 14.5. The summed E-state index contributed by atoms with van der Waals surface area (Å²) < 4.78 is 13.4. The molecule has 1 aliphatic heterocycles. The molecule has 0 spiro atoms. The maximum atomic E-state index is 14.0. The van der Waals surface area contributed by atoms with Crippen molar-refractivity contribution in [2.45, 2.75) is 19.9 Å². The molecule has 5 aromatic rings. The summed E-state index contributed by atoms with van der Waals surface area (Å²) in [6.07, 6.45) is 1.58. The fourth-order valence-electron chi connectivity index (χ4n) is 5.08. The lowest BCUT2D eigenvalue weighted by Gasteiger charge is -2.25. The third-order valence-corrected chi connectivity index (χ3v) is 8.44. The van der Waals surface area contributed by atoms with E-state index >= 15 is 0 Å². The van der Waals surface area contributed by atoms with E-state index in [1.807, 2.05) is 37.3 Å². The van der Waals surface area contributed by atoms with E-state index < -0.39 is 11.0 Å². The van der Waals surface area contributed by atoms with Crippen molar-refractivity contribution in [2.75, 3.05) is 11.9 Å².